The summed E-state index contributed by atoms with van der Waals surface area (Å²) in [6.07, 6.45) is 2.85. The molecule has 19 heavy (non-hydrogen) atoms. The minimum absolute atomic E-state index is 0.163. The summed E-state index contributed by atoms with van der Waals surface area (Å²) < 4.78 is 0. The second kappa shape index (κ2) is 5.21. The molecule has 3 rings (SSSR count). The molecule has 2 fully saturated rings. The van der Waals surface area contributed by atoms with Crippen LogP contribution in [0.25, 0.3) is 0 Å². The number of nitrogen functional groups attached to an aromatic ring is 1. The van der Waals surface area contributed by atoms with E-state index in [1.807, 2.05) is 18.2 Å². The zero-order chi connectivity index (χ0) is 13.2. The maximum absolute atomic E-state index is 7.68. The molecule has 0 amide bonds. The number of rotatable bonds is 4. The fourth-order valence-electron chi connectivity index (χ4n) is 2.81. The van der Waals surface area contributed by atoms with Gasteiger partial charge in [-0.05, 0) is 30.9 Å². The van der Waals surface area contributed by atoms with Crippen molar-refractivity contribution in [3.63, 3.8) is 0 Å². The standard InChI is InChI=1S/C15H22N4/c16-15(17)13-3-1-2-4-14(13)19-9-7-18(8-10-19)11-12-5-6-12/h1-4,12H,5-11H2,(H3,16,17). The van der Waals surface area contributed by atoms with E-state index in [9.17, 15) is 0 Å². The number of piperazine rings is 1. The van der Waals surface area contributed by atoms with E-state index in [-0.39, 0.29) is 5.84 Å². The van der Waals surface area contributed by atoms with Crippen LogP contribution < -0.4 is 10.6 Å². The lowest BCUT2D eigenvalue weighted by molar-refractivity contribution is 0.248. The zero-order valence-electron chi connectivity index (χ0n) is 11.3. The zero-order valence-corrected chi connectivity index (χ0v) is 11.3. The maximum atomic E-state index is 7.68. The van der Waals surface area contributed by atoms with Crippen LogP contribution in [0.3, 0.4) is 0 Å². The Bertz CT molecular complexity index is 459. The first-order valence-electron chi connectivity index (χ1n) is 7.15. The highest BCUT2D eigenvalue weighted by Crippen LogP contribution is 2.30. The highest BCUT2D eigenvalue weighted by atomic mass is 15.3. The molecule has 0 unspecified atom stereocenters. The van der Waals surface area contributed by atoms with Crippen LogP contribution in [-0.2, 0) is 0 Å². The Labute approximate surface area is 114 Å². The van der Waals surface area contributed by atoms with Gasteiger partial charge in [0.15, 0.2) is 0 Å². The molecule has 1 saturated heterocycles. The molecule has 2 aliphatic rings. The highest BCUT2D eigenvalue weighted by molar-refractivity contribution is 6.00. The van der Waals surface area contributed by atoms with E-state index in [1.54, 1.807) is 0 Å². The van der Waals surface area contributed by atoms with Crippen molar-refractivity contribution in [2.24, 2.45) is 11.7 Å². The van der Waals surface area contributed by atoms with E-state index in [4.69, 9.17) is 11.1 Å². The third kappa shape index (κ3) is 2.89. The van der Waals surface area contributed by atoms with Crippen molar-refractivity contribution in [2.75, 3.05) is 37.6 Å². The topological polar surface area (TPSA) is 56.4 Å². The molecule has 0 bridgehead atoms. The molecular weight excluding hydrogens is 236 g/mol. The molecule has 102 valence electrons. The lowest BCUT2D eigenvalue weighted by Crippen LogP contribution is -2.47. The molecule has 0 spiro atoms. The lowest BCUT2D eigenvalue weighted by atomic mass is 10.1. The summed E-state index contributed by atoms with van der Waals surface area (Å²) in [5, 5.41) is 7.68. The summed E-state index contributed by atoms with van der Waals surface area (Å²) in [4.78, 5) is 4.94. The van der Waals surface area contributed by atoms with Gasteiger partial charge >= 0.3 is 0 Å². The summed E-state index contributed by atoms with van der Waals surface area (Å²) in [5.41, 5.74) is 7.64. The molecule has 0 atom stereocenters. The van der Waals surface area contributed by atoms with Gasteiger partial charge in [0.25, 0.3) is 0 Å². The monoisotopic (exact) mass is 258 g/mol. The molecule has 0 radical (unpaired) electrons. The number of amidine groups is 1. The normalized spacial score (nSPS) is 20.5. The van der Waals surface area contributed by atoms with Gasteiger partial charge in [-0.1, -0.05) is 12.1 Å². The van der Waals surface area contributed by atoms with Crippen molar-refractivity contribution in [1.82, 2.24) is 4.90 Å². The van der Waals surface area contributed by atoms with Gasteiger partial charge in [-0.3, -0.25) is 10.3 Å². The van der Waals surface area contributed by atoms with Crippen LogP contribution in [0.15, 0.2) is 24.3 Å². The summed E-state index contributed by atoms with van der Waals surface area (Å²) >= 11 is 0. The summed E-state index contributed by atoms with van der Waals surface area (Å²) in [5.74, 6) is 1.13. The van der Waals surface area contributed by atoms with Gasteiger partial charge in [-0.15, -0.1) is 0 Å². The van der Waals surface area contributed by atoms with Crippen molar-refractivity contribution in [2.45, 2.75) is 12.8 Å². The van der Waals surface area contributed by atoms with Crippen LogP contribution in [0.4, 0.5) is 5.69 Å². The van der Waals surface area contributed by atoms with Gasteiger partial charge in [0.05, 0.1) is 0 Å². The third-order valence-corrected chi connectivity index (χ3v) is 4.12. The number of nitrogens with two attached hydrogens (primary N) is 1. The molecule has 4 nitrogen and oxygen atoms in total. The first kappa shape index (κ1) is 12.5. The van der Waals surface area contributed by atoms with Gasteiger partial charge in [0, 0.05) is 44.0 Å². The minimum atomic E-state index is 0.163. The Morgan fingerprint density at radius 2 is 1.84 bits per heavy atom. The molecule has 1 aliphatic heterocycles. The van der Waals surface area contributed by atoms with Gasteiger partial charge in [0.1, 0.15) is 5.84 Å². The summed E-state index contributed by atoms with van der Waals surface area (Å²) in [7, 11) is 0. The van der Waals surface area contributed by atoms with Gasteiger partial charge in [-0.2, -0.15) is 0 Å². The SMILES string of the molecule is N=C(N)c1ccccc1N1CCN(CC2CC2)CC1. The largest absolute Gasteiger partial charge is 0.384 e. The minimum Gasteiger partial charge on any atom is -0.384 e. The maximum Gasteiger partial charge on any atom is 0.124 e. The Morgan fingerprint density at radius 3 is 2.47 bits per heavy atom. The van der Waals surface area contributed by atoms with Gasteiger partial charge < -0.3 is 10.6 Å². The van der Waals surface area contributed by atoms with Crippen LogP contribution in [0.1, 0.15) is 18.4 Å². The first-order valence-corrected chi connectivity index (χ1v) is 7.15. The summed E-state index contributed by atoms with van der Waals surface area (Å²) in [6, 6.07) is 7.99. The molecule has 1 aromatic rings. The Morgan fingerprint density at radius 1 is 1.16 bits per heavy atom. The fourth-order valence-corrected chi connectivity index (χ4v) is 2.81. The second-order valence-corrected chi connectivity index (χ2v) is 5.66. The number of benzene rings is 1. The van der Waals surface area contributed by atoms with Crippen LogP contribution in [0.2, 0.25) is 0 Å². The van der Waals surface area contributed by atoms with Crippen LogP contribution >= 0.6 is 0 Å². The van der Waals surface area contributed by atoms with Crippen LogP contribution in [0, 0.1) is 11.3 Å². The number of hydrogen-bond donors (Lipinski definition) is 2. The predicted octanol–water partition coefficient (Wildman–Crippen LogP) is 1.50. The molecular formula is C15H22N4. The van der Waals surface area contributed by atoms with Crippen LogP contribution in [-0.4, -0.2) is 43.5 Å². The summed E-state index contributed by atoms with van der Waals surface area (Å²) in [6.45, 7) is 5.61. The van der Waals surface area contributed by atoms with Gasteiger partial charge in [0.2, 0.25) is 0 Å². The Hall–Kier alpha value is -1.55. The molecule has 1 aliphatic carbocycles. The Balaban J connectivity index is 1.65. The van der Waals surface area contributed by atoms with Crippen molar-refractivity contribution >= 4 is 11.5 Å². The molecule has 1 aromatic carbocycles. The van der Waals surface area contributed by atoms with Crippen molar-refractivity contribution in [3.05, 3.63) is 29.8 Å². The first-order chi connectivity index (χ1) is 9.24. The van der Waals surface area contributed by atoms with E-state index in [1.165, 1.54) is 19.4 Å². The van der Waals surface area contributed by atoms with Gasteiger partial charge in [-0.25, -0.2) is 0 Å². The lowest BCUT2D eigenvalue weighted by Gasteiger charge is -2.37. The number of nitrogens with zero attached hydrogens (tertiary/aromatic N) is 2. The molecule has 1 heterocycles. The predicted molar refractivity (Wildman–Crippen MR) is 78.8 cm³/mol. The molecule has 1 saturated carbocycles. The third-order valence-electron chi connectivity index (χ3n) is 4.12. The molecule has 4 heteroatoms. The quantitative estimate of drug-likeness (QED) is 0.635. The fraction of sp³-hybridized carbons (Fsp3) is 0.533. The number of anilines is 1. The van der Waals surface area contributed by atoms with E-state index in [0.29, 0.717) is 0 Å². The smallest absolute Gasteiger partial charge is 0.124 e. The average molecular weight is 258 g/mol. The average Bonchev–Trinajstić information content (AvgIpc) is 3.23. The van der Waals surface area contributed by atoms with E-state index >= 15 is 0 Å². The second-order valence-electron chi connectivity index (χ2n) is 5.66. The van der Waals surface area contributed by atoms with E-state index in [0.717, 1.165) is 43.3 Å². The number of para-hydroxylation sites is 1. The highest BCUT2D eigenvalue weighted by Gasteiger charge is 2.26. The van der Waals surface area contributed by atoms with Crippen LogP contribution in [0.5, 0.6) is 0 Å². The Kier molecular flexibility index (Phi) is 3.42. The van der Waals surface area contributed by atoms with Crippen molar-refractivity contribution in [1.29, 1.82) is 5.41 Å². The number of nitrogens with one attached hydrogen (secondary N) is 1. The molecule has 0 aromatic heterocycles. The molecule has 3 N–H and O–H groups in total. The van der Waals surface area contributed by atoms with E-state index < -0.39 is 0 Å². The number of hydrogen-bond acceptors (Lipinski definition) is 3. The van der Waals surface area contributed by atoms with Crippen molar-refractivity contribution in [3.8, 4) is 0 Å². The van der Waals surface area contributed by atoms with Crippen molar-refractivity contribution < 1.29 is 0 Å². The van der Waals surface area contributed by atoms with E-state index in [2.05, 4.69) is 15.9 Å².